The Labute approximate surface area is 98.1 Å². The van der Waals surface area contributed by atoms with Crippen LogP contribution in [-0.2, 0) is 4.79 Å². The van der Waals surface area contributed by atoms with Crippen LogP contribution in [0.15, 0.2) is 18.2 Å². The molecule has 1 aromatic carbocycles. The van der Waals surface area contributed by atoms with E-state index in [1.54, 1.807) is 0 Å². The molecule has 0 spiro atoms. The number of nitrogens with one attached hydrogen (secondary N) is 1. The molecule has 88 valence electrons. The number of carbonyl (C=O) groups excluding carboxylic acids is 1. The highest BCUT2D eigenvalue weighted by atomic mass is 16.2. The molecule has 0 saturated carbocycles. The van der Waals surface area contributed by atoms with Crippen LogP contribution in [-0.4, -0.2) is 5.91 Å². The third-order valence-electron chi connectivity index (χ3n) is 3.13. The van der Waals surface area contributed by atoms with Gasteiger partial charge in [0.25, 0.3) is 0 Å². The second kappa shape index (κ2) is 4.69. The molecule has 0 aromatic heterocycles. The number of amides is 1. The number of hydrogen-bond donors (Lipinski definition) is 1. The Balaban J connectivity index is 2.85. The Morgan fingerprint density at radius 2 is 1.94 bits per heavy atom. The van der Waals surface area contributed by atoms with E-state index < -0.39 is 0 Å². The highest BCUT2D eigenvalue weighted by Crippen LogP contribution is 2.24. The quantitative estimate of drug-likeness (QED) is 0.825. The number of rotatable bonds is 3. The lowest BCUT2D eigenvalue weighted by Gasteiger charge is -2.22. The number of carbonyl (C=O) groups is 1. The van der Waals surface area contributed by atoms with Crippen molar-refractivity contribution in [2.75, 3.05) is 5.32 Å². The van der Waals surface area contributed by atoms with Gasteiger partial charge in [-0.15, -0.1) is 0 Å². The third-order valence-corrected chi connectivity index (χ3v) is 3.13. The van der Waals surface area contributed by atoms with Crippen molar-refractivity contribution in [3.8, 4) is 0 Å². The highest BCUT2D eigenvalue weighted by Gasteiger charge is 2.25. The first-order valence-corrected chi connectivity index (χ1v) is 5.75. The molecule has 0 atom stereocenters. The monoisotopic (exact) mass is 219 g/mol. The maximum atomic E-state index is 12.0. The van der Waals surface area contributed by atoms with E-state index in [2.05, 4.69) is 18.3 Å². The summed E-state index contributed by atoms with van der Waals surface area (Å²) in [5.74, 6) is 0.0851. The summed E-state index contributed by atoms with van der Waals surface area (Å²) in [5.41, 5.74) is 2.93. The Bertz CT molecular complexity index is 394. The van der Waals surface area contributed by atoms with Gasteiger partial charge in [0, 0.05) is 11.1 Å². The Hall–Kier alpha value is -1.31. The van der Waals surface area contributed by atoms with Crippen LogP contribution in [0.1, 0.15) is 38.3 Å². The van der Waals surface area contributed by atoms with Crippen LogP contribution in [0.3, 0.4) is 0 Å². The molecule has 1 N–H and O–H groups in total. The van der Waals surface area contributed by atoms with E-state index in [0.717, 1.165) is 17.7 Å². The fourth-order valence-electron chi connectivity index (χ4n) is 1.41. The molecule has 2 heteroatoms. The van der Waals surface area contributed by atoms with Crippen molar-refractivity contribution in [3.63, 3.8) is 0 Å². The van der Waals surface area contributed by atoms with Crippen molar-refractivity contribution < 1.29 is 4.79 Å². The molecule has 0 heterocycles. The summed E-state index contributed by atoms with van der Waals surface area (Å²) < 4.78 is 0. The molecule has 0 aliphatic heterocycles. The van der Waals surface area contributed by atoms with E-state index in [1.807, 2.05) is 39.8 Å². The van der Waals surface area contributed by atoms with Gasteiger partial charge < -0.3 is 5.32 Å². The van der Waals surface area contributed by atoms with E-state index in [4.69, 9.17) is 0 Å². The fourth-order valence-corrected chi connectivity index (χ4v) is 1.41. The summed E-state index contributed by atoms with van der Waals surface area (Å²) in [4.78, 5) is 12.0. The highest BCUT2D eigenvalue weighted by molar-refractivity contribution is 5.95. The zero-order chi connectivity index (χ0) is 12.3. The standard InChI is InChI=1S/C14H21NO/c1-6-14(4,5)13(16)15-12-8-7-10(2)9-11(12)3/h7-9H,6H2,1-5H3,(H,15,16). The number of benzene rings is 1. The molecular formula is C14H21NO. The molecule has 2 nitrogen and oxygen atoms in total. The van der Waals surface area contributed by atoms with Crippen LogP contribution in [0.2, 0.25) is 0 Å². The summed E-state index contributed by atoms with van der Waals surface area (Å²) in [6.07, 6.45) is 0.837. The maximum Gasteiger partial charge on any atom is 0.230 e. The molecule has 0 bridgehead atoms. The van der Waals surface area contributed by atoms with Gasteiger partial charge in [-0.3, -0.25) is 4.79 Å². The van der Waals surface area contributed by atoms with Gasteiger partial charge >= 0.3 is 0 Å². The first-order chi connectivity index (χ1) is 7.36. The molecular weight excluding hydrogens is 198 g/mol. The van der Waals surface area contributed by atoms with E-state index in [0.29, 0.717) is 0 Å². The van der Waals surface area contributed by atoms with Crippen molar-refractivity contribution in [2.45, 2.75) is 41.0 Å². The van der Waals surface area contributed by atoms with Crippen molar-refractivity contribution in [2.24, 2.45) is 5.41 Å². The van der Waals surface area contributed by atoms with Crippen LogP contribution in [0.25, 0.3) is 0 Å². The van der Waals surface area contributed by atoms with Gasteiger partial charge in [0.05, 0.1) is 0 Å². The second-order valence-corrected chi connectivity index (χ2v) is 5.01. The summed E-state index contributed by atoms with van der Waals surface area (Å²) in [6.45, 7) is 10.0. The molecule has 0 fully saturated rings. The minimum absolute atomic E-state index is 0.0851. The lowest BCUT2D eigenvalue weighted by molar-refractivity contribution is -0.124. The predicted octanol–water partition coefficient (Wildman–Crippen LogP) is 3.68. The first-order valence-electron chi connectivity index (χ1n) is 5.75. The van der Waals surface area contributed by atoms with Crippen molar-refractivity contribution >= 4 is 11.6 Å². The number of anilines is 1. The number of aryl methyl sites for hydroxylation is 2. The zero-order valence-corrected chi connectivity index (χ0v) is 10.8. The smallest absolute Gasteiger partial charge is 0.230 e. The Morgan fingerprint density at radius 1 is 1.31 bits per heavy atom. The molecule has 1 amide bonds. The Morgan fingerprint density at radius 3 is 2.44 bits per heavy atom. The topological polar surface area (TPSA) is 29.1 Å². The molecule has 16 heavy (non-hydrogen) atoms. The normalized spacial score (nSPS) is 11.3. The van der Waals surface area contributed by atoms with Gasteiger partial charge in [-0.2, -0.15) is 0 Å². The van der Waals surface area contributed by atoms with Crippen molar-refractivity contribution in [1.29, 1.82) is 0 Å². The molecule has 1 rings (SSSR count). The van der Waals surface area contributed by atoms with Crippen LogP contribution in [0.4, 0.5) is 5.69 Å². The van der Waals surface area contributed by atoms with E-state index in [-0.39, 0.29) is 11.3 Å². The van der Waals surface area contributed by atoms with Gasteiger partial charge in [0.15, 0.2) is 0 Å². The van der Waals surface area contributed by atoms with Crippen LogP contribution >= 0.6 is 0 Å². The van der Waals surface area contributed by atoms with Gasteiger partial charge in [0.2, 0.25) is 5.91 Å². The predicted molar refractivity (Wildman–Crippen MR) is 68.6 cm³/mol. The van der Waals surface area contributed by atoms with E-state index in [1.165, 1.54) is 5.56 Å². The van der Waals surface area contributed by atoms with Crippen molar-refractivity contribution in [3.05, 3.63) is 29.3 Å². The summed E-state index contributed by atoms with van der Waals surface area (Å²) >= 11 is 0. The SMILES string of the molecule is CCC(C)(C)C(=O)Nc1ccc(C)cc1C. The van der Waals surface area contributed by atoms with E-state index >= 15 is 0 Å². The van der Waals surface area contributed by atoms with Crippen molar-refractivity contribution in [1.82, 2.24) is 0 Å². The molecule has 0 unspecified atom stereocenters. The van der Waals surface area contributed by atoms with E-state index in [9.17, 15) is 4.79 Å². The third kappa shape index (κ3) is 2.84. The Kier molecular flexibility index (Phi) is 3.74. The first kappa shape index (κ1) is 12.8. The minimum atomic E-state index is -0.308. The van der Waals surface area contributed by atoms with Gasteiger partial charge in [-0.05, 0) is 31.9 Å². The van der Waals surface area contributed by atoms with Crippen LogP contribution in [0, 0.1) is 19.3 Å². The summed E-state index contributed by atoms with van der Waals surface area (Å²) in [7, 11) is 0. The summed E-state index contributed by atoms with van der Waals surface area (Å²) in [5, 5.41) is 2.99. The van der Waals surface area contributed by atoms with Crippen LogP contribution in [0.5, 0.6) is 0 Å². The molecule has 0 saturated heterocycles. The molecule has 1 aromatic rings. The average molecular weight is 219 g/mol. The van der Waals surface area contributed by atoms with Gasteiger partial charge in [-0.1, -0.05) is 38.5 Å². The molecule has 0 aliphatic carbocycles. The zero-order valence-electron chi connectivity index (χ0n) is 10.8. The minimum Gasteiger partial charge on any atom is -0.325 e. The maximum absolute atomic E-state index is 12.0. The van der Waals surface area contributed by atoms with Gasteiger partial charge in [-0.25, -0.2) is 0 Å². The average Bonchev–Trinajstić information content (AvgIpc) is 2.22. The van der Waals surface area contributed by atoms with Gasteiger partial charge in [0.1, 0.15) is 0 Å². The number of hydrogen-bond acceptors (Lipinski definition) is 1. The summed E-state index contributed by atoms with van der Waals surface area (Å²) in [6, 6.07) is 6.06. The fraction of sp³-hybridized carbons (Fsp3) is 0.500. The second-order valence-electron chi connectivity index (χ2n) is 5.01. The van der Waals surface area contributed by atoms with Crippen LogP contribution < -0.4 is 5.32 Å². The molecule has 0 radical (unpaired) electrons. The molecule has 0 aliphatic rings. The lowest BCUT2D eigenvalue weighted by atomic mass is 9.89. The largest absolute Gasteiger partial charge is 0.325 e. The lowest BCUT2D eigenvalue weighted by Crippen LogP contribution is -2.30.